The number of thiophene rings is 1. The lowest BCUT2D eigenvalue weighted by atomic mass is 10.2. The second-order valence-electron chi connectivity index (χ2n) is 3.70. The summed E-state index contributed by atoms with van der Waals surface area (Å²) in [6.07, 6.45) is 0.992. The summed E-state index contributed by atoms with van der Waals surface area (Å²) in [7, 11) is 0. The van der Waals surface area contributed by atoms with Crippen molar-refractivity contribution >= 4 is 33.9 Å². The lowest BCUT2D eigenvalue weighted by Gasteiger charge is -2.04. The van der Waals surface area contributed by atoms with Gasteiger partial charge >= 0.3 is 0 Å². The molecule has 0 radical (unpaired) electrons. The second-order valence-corrected chi connectivity index (χ2v) is 5.97. The Morgan fingerprint density at radius 1 is 1.25 bits per heavy atom. The Bertz CT molecular complexity index is 478. The Morgan fingerprint density at radius 2 is 2.00 bits per heavy atom. The van der Waals surface area contributed by atoms with Gasteiger partial charge in [0.2, 0.25) is 0 Å². The number of benzene rings is 1. The number of nitrogens with two attached hydrogens (primary N) is 1. The van der Waals surface area contributed by atoms with Crippen molar-refractivity contribution in [2.45, 2.75) is 19.4 Å². The molecule has 0 spiro atoms. The van der Waals surface area contributed by atoms with Gasteiger partial charge in [-0.3, -0.25) is 0 Å². The van der Waals surface area contributed by atoms with Crippen LogP contribution in [0.5, 0.6) is 0 Å². The number of hydrogen-bond donors (Lipinski definition) is 1. The summed E-state index contributed by atoms with van der Waals surface area (Å²) in [5, 5.41) is 0. The minimum absolute atomic E-state index is 0.181. The van der Waals surface area contributed by atoms with Gasteiger partial charge < -0.3 is 5.73 Å². The third-order valence-electron chi connectivity index (χ3n) is 2.57. The van der Waals surface area contributed by atoms with Crippen LogP contribution in [-0.4, -0.2) is 0 Å². The summed E-state index contributed by atoms with van der Waals surface area (Å²) < 4.78 is 1.29. The fourth-order valence-electron chi connectivity index (χ4n) is 1.56. The molecule has 84 valence electrons. The zero-order chi connectivity index (χ0) is 11.5. The molecule has 3 heteroatoms. The van der Waals surface area contributed by atoms with E-state index in [1.165, 1.54) is 18.9 Å². The van der Waals surface area contributed by atoms with E-state index < -0.39 is 0 Å². The molecule has 2 N–H and O–H groups in total. The molecule has 0 aliphatic heterocycles. The third-order valence-corrected chi connectivity index (χ3v) is 4.76. The largest absolute Gasteiger partial charge is 0.323 e. The molecule has 0 aliphatic carbocycles. The van der Waals surface area contributed by atoms with Gasteiger partial charge in [0.05, 0.1) is 0 Å². The minimum Gasteiger partial charge on any atom is -0.323 e. The number of rotatable bonds is 3. The van der Waals surface area contributed by atoms with Crippen molar-refractivity contribution < 1.29 is 0 Å². The maximum Gasteiger partial charge on any atom is 0.0387 e. The molecule has 1 unspecified atom stereocenters. The van der Waals surface area contributed by atoms with E-state index in [0.717, 1.165) is 6.42 Å². The van der Waals surface area contributed by atoms with Gasteiger partial charge in [0.15, 0.2) is 0 Å². The predicted octanol–water partition coefficient (Wildman–Crippen LogP) is 4.43. The van der Waals surface area contributed by atoms with Gasteiger partial charge in [0, 0.05) is 24.9 Å². The predicted molar refractivity (Wildman–Crippen MR) is 79.7 cm³/mol. The third kappa shape index (κ3) is 2.47. The first-order valence-corrected chi connectivity index (χ1v) is 7.22. The van der Waals surface area contributed by atoms with Crippen molar-refractivity contribution in [3.63, 3.8) is 0 Å². The first-order valence-electron chi connectivity index (χ1n) is 5.32. The highest BCUT2D eigenvalue weighted by Gasteiger charge is 2.09. The lowest BCUT2D eigenvalue weighted by Crippen LogP contribution is -2.05. The Morgan fingerprint density at radius 3 is 2.69 bits per heavy atom. The van der Waals surface area contributed by atoms with Crippen molar-refractivity contribution in [2.75, 3.05) is 0 Å². The van der Waals surface area contributed by atoms with Crippen LogP contribution in [0.4, 0.5) is 0 Å². The summed E-state index contributed by atoms with van der Waals surface area (Å²) in [5.74, 6) is 0. The minimum atomic E-state index is 0.181. The van der Waals surface area contributed by atoms with Crippen molar-refractivity contribution in [3.05, 3.63) is 44.8 Å². The fourth-order valence-corrected chi connectivity index (χ4v) is 3.55. The van der Waals surface area contributed by atoms with Crippen LogP contribution in [0, 0.1) is 3.57 Å². The maximum atomic E-state index is 6.03. The zero-order valence-corrected chi connectivity index (χ0v) is 12.1. The van der Waals surface area contributed by atoms with Crippen LogP contribution >= 0.6 is 33.9 Å². The van der Waals surface area contributed by atoms with Gasteiger partial charge in [0.25, 0.3) is 0 Å². The van der Waals surface area contributed by atoms with Gasteiger partial charge in [0.1, 0.15) is 0 Å². The van der Waals surface area contributed by atoms with Crippen LogP contribution in [0.1, 0.15) is 24.3 Å². The molecule has 1 aromatic heterocycles. The first kappa shape index (κ1) is 12.1. The smallest absolute Gasteiger partial charge is 0.0387 e. The van der Waals surface area contributed by atoms with Crippen molar-refractivity contribution in [2.24, 2.45) is 5.73 Å². The Balaban J connectivity index is 2.35. The standard InChI is InChI=1S/C13H14INS/c1-2-11(15)13-8-7-12(16-13)9-5-3-4-6-10(9)14/h3-8,11H,2,15H2,1H3. The summed E-state index contributed by atoms with van der Waals surface area (Å²) in [6, 6.07) is 12.9. The average molecular weight is 343 g/mol. The molecule has 16 heavy (non-hydrogen) atoms. The maximum absolute atomic E-state index is 6.03. The van der Waals surface area contributed by atoms with E-state index in [2.05, 4.69) is 65.9 Å². The van der Waals surface area contributed by atoms with Crippen molar-refractivity contribution in [1.29, 1.82) is 0 Å². The molecule has 0 bridgehead atoms. The molecular weight excluding hydrogens is 329 g/mol. The molecule has 1 nitrogen and oxygen atoms in total. The van der Waals surface area contributed by atoms with Gasteiger partial charge in [-0.15, -0.1) is 11.3 Å². The fraction of sp³-hybridized carbons (Fsp3) is 0.231. The molecule has 1 atom stereocenters. The summed E-state index contributed by atoms with van der Waals surface area (Å²) in [4.78, 5) is 2.58. The SMILES string of the molecule is CCC(N)c1ccc(-c2ccccc2I)s1. The van der Waals surface area contributed by atoms with E-state index in [1.54, 1.807) is 11.3 Å². The molecular formula is C13H14INS. The van der Waals surface area contributed by atoms with Gasteiger partial charge in [-0.2, -0.15) is 0 Å². The Labute approximate surface area is 114 Å². The highest BCUT2D eigenvalue weighted by molar-refractivity contribution is 14.1. The molecule has 0 amide bonds. The molecule has 0 saturated heterocycles. The van der Waals surface area contributed by atoms with E-state index in [4.69, 9.17) is 5.73 Å². The first-order chi connectivity index (χ1) is 7.72. The van der Waals surface area contributed by atoms with Crippen LogP contribution in [0.2, 0.25) is 0 Å². The highest BCUT2D eigenvalue weighted by atomic mass is 127. The molecule has 0 fully saturated rings. The van der Waals surface area contributed by atoms with Crippen LogP contribution in [0.15, 0.2) is 36.4 Å². The topological polar surface area (TPSA) is 26.0 Å². The van der Waals surface area contributed by atoms with E-state index in [9.17, 15) is 0 Å². The van der Waals surface area contributed by atoms with Crippen LogP contribution in [0.25, 0.3) is 10.4 Å². The van der Waals surface area contributed by atoms with Crippen molar-refractivity contribution in [3.8, 4) is 10.4 Å². The molecule has 0 aliphatic rings. The molecule has 0 saturated carbocycles. The quantitative estimate of drug-likeness (QED) is 0.820. The summed E-state index contributed by atoms with van der Waals surface area (Å²) >= 11 is 4.18. The molecule has 1 aromatic carbocycles. The Hall–Kier alpha value is -0.390. The summed E-state index contributed by atoms with van der Waals surface area (Å²) in [5.41, 5.74) is 7.34. The van der Waals surface area contributed by atoms with E-state index in [-0.39, 0.29) is 6.04 Å². The van der Waals surface area contributed by atoms with Gasteiger partial charge in [-0.05, 0) is 47.2 Å². The monoisotopic (exact) mass is 343 g/mol. The van der Waals surface area contributed by atoms with Gasteiger partial charge in [-0.25, -0.2) is 0 Å². The molecule has 2 aromatic rings. The number of halogens is 1. The second kappa shape index (κ2) is 5.29. The normalized spacial score (nSPS) is 12.7. The van der Waals surface area contributed by atoms with E-state index >= 15 is 0 Å². The van der Waals surface area contributed by atoms with Crippen LogP contribution in [0.3, 0.4) is 0 Å². The van der Waals surface area contributed by atoms with Crippen molar-refractivity contribution in [1.82, 2.24) is 0 Å². The van der Waals surface area contributed by atoms with Gasteiger partial charge in [-0.1, -0.05) is 25.1 Å². The summed E-state index contributed by atoms with van der Waals surface area (Å²) in [6.45, 7) is 2.12. The average Bonchev–Trinajstić information content (AvgIpc) is 2.78. The van der Waals surface area contributed by atoms with E-state index in [0.29, 0.717) is 0 Å². The molecule has 2 rings (SSSR count). The highest BCUT2D eigenvalue weighted by Crippen LogP contribution is 2.33. The van der Waals surface area contributed by atoms with Crippen LogP contribution < -0.4 is 5.73 Å². The Kier molecular flexibility index (Phi) is 4.00. The van der Waals surface area contributed by atoms with E-state index in [1.807, 2.05) is 0 Å². The lowest BCUT2D eigenvalue weighted by molar-refractivity contribution is 0.712. The molecule has 1 heterocycles. The number of hydrogen-bond acceptors (Lipinski definition) is 2. The zero-order valence-electron chi connectivity index (χ0n) is 9.11. The van der Waals surface area contributed by atoms with Crippen LogP contribution in [-0.2, 0) is 0 Å².